The van der Waals surface area contributed by atoms with Crippen LogP contribution in [-0.4, -0.2) is 25.1 Å². The topological polar surface area (TPSA) is 64.6 Å². The summed E-state index contributed by atoms with van der Waals surface area (Å²) in [7, 11) is 1.36. The summed E-state index contributed by atoms with van der Waals surface area (Å²) in [4.78, 5) is 26.1. The standard InChI is InChI=1S/C24H23NO4S/c1-15(29-18-13-11-17(12-14-18)16-7-4-3-5-8-16)22(26)25-23-21(24(27)28-2)19-9-6-10-20(19)30-23/h3-5,7-8,11-15H,6,9-10H2,1-2H3,(H,25,26). The van der Waals surface area contributed by atoms with Gasteiger partial charge in [0.15, 0.2) is 6.10 Å². The van der Waals surface area contributed by atoms with E-state index < -0.39 is 12.1 Å². The fourth-order valence-electron chi connectivity index (χ4n) is 3.64. The Kier molecular flexibility index (Phi) is 5.86. The molecular weight excluding hydrogens is 398 g/mol. The molecule has 0 bridgehead atoms. The Bertz CT molecular complexity index is 1060. The van der Waals surface area contributed by atoms with Crippen LogP contribution in [0.5, 0.6) is 5.75 Å². The second-order valence-corrected chi connectivity index (χ2v) is 8.30. The Labute approximate surface area is 179 Å². The smallest absolute Gasteiger partial charge is 0.341 e. The van der Waals surface area contributed by atoms with Crippen LogP contribution in [0.15, 0.2) is 54.6 Å². The molecule has 6 heteroatoms. The number of benzene rings is 2. The number of esters is 1. The van der Waals surface area contributed by atoms with Crippen molar-refractivity contribution in [2.24, 2.45) is 0 Å². The fourth-order valence-corrected chi connectivity index (χ4v) is 4.92. The average Bonchev–Trinajstić information content (AvgIpc) is 3.35. The van der Waals surface area contributed by atoms with Gasteiger partial charge in [0.25, 0.3) is 5.91 Å². The Morgan fingerprint density at radius 2 is 1.70 bits per heavy atom. The molecule has 1 amide bonds. The van der Waals surface area contributed by atoms with Gasteiger partial charge in [-0.1, -0.05) is 42.5 Å². The van der Waals surface area contributed by atoms with Gasteiger partial charge in [-0.15, -0.1) is 11.3 Å². The molecule has 3 aromatic rings. The Hall–Kier alpha value is -3.12. The summed E-state index contributed by atoms with van der Waals surface area (Å²) in [6, 6.07) is 17.7. The number of nitrogens with one attached hydrogen (secondary N) is 1. The number of anilines is 1. The van der Waals surface area contributed by atoms with Gasteiger partial charge < -0.3 is 14.8 Å². The average molecular weight is 422 g/mol. The van der Waals surface area contributed by atoms with Crippen LogP contribution in [0.4, 0.5) is 5.00 Å². The second-order valence-electron chi connectivity index (χ2n) is 7.19. The molecule has 2 aromatic carbocycles. The molecule has 1 aliphatic rings. The summed E-state index contributed by atoms with van der Waals surface area (Å²) in [5.41, 5.74) is 3.70. The molecule has 0 saturated carbocycles. The highest BCUT2D eigenvalue weighted by atomic mass is 32.1. The van der Waals surface area contributed by atoms with Gasteiger partial charge in [-0.05, 0) is 55.0 Å². The third-order valence-corrected chi connectivity index (χ3v) is 6.40. The first-order valence-electron chi connectivity index (χ1n) is 9.92. The van der Waals surface area contributed by atoms with Gasteiger partial charge in [-0.2, -0.15) is 0 Å². The summed E-state index contributed by atoms with van der Waals surface area (Å²) in [5, 5.41) is 3.41. The number of carbonyl (C=O) groups excluding carboxylic acids is 2. The highest BCUT2D eigenvalue weighted by Crippen LogP contribution is 2.39. The van der Waals surface area contributed by atoms with Crippen molar-refractivity contribution in [3.05, 3.63) is 70.6 Å². The molecule has 1 heterocycles. The molecule has 1 unspecified atom stereocenters. The maximum Gasteiger partial charge on any atom is 0.341 e. The van der Waals surface area contributed by atoms with E-state index in [9.17, 15) is 9.59 Å². The molecular formula is C24H23NO4S. The van der Waals surface area contributed by atoms with E-state index in [1.165, 1.54) is 18.4 Å². The largest absolute Gasteiger partial charge is 0.481 e. The predicted octanol–water partition coefficient (Wildman–Crippen LogP) is 5.10. The number of carbonyl (C=O) groups is 2. The maximum absolute atomic E-state index is 12.7. The minimum Gasteiger partial charge on any atom is -0.481 e. The first-order chi connectivity index (χ1) is 14.6. The lowest BCUT2D eigenvalue weighted by Gasteiger charge is -2.15. The molecule has 30 heavy (non-hydrogen) atoms. The van der Waals surface area contributed by atoms with Gasteiger partial charge >= 0.3 is 5.97 Å². The van der Waals surface area contributed by atoms with Crippen LogP contribution in [0.1, 0.15) is 34.1 Å². The van der Waals surface area contributed by atoms with E-state index in [1.807, 2.05) is 54.6 Å². The number of fused-ring (bicyclic) bond motifs is 1. The van der Waals surface area contributed by atoms with Crippen molar-refractivity contribution in [3.8, 4) is 16.9 Å². The number of thiophene rings is 1. The zero-order valence-corrected chi connectivity index (χ0v) is 17.8. The maximum atomic E-state index is 12.7. The molecule has 1 atom stereocenters. The molecule has 4 rings (SSSR count). The molecule has 0 aliphatic heterocycles. The molecule has 5 nitrogen and oxygen atoms in total. The number of aryl methyl sites for hydroxylation is 1. The van der Waals surface area contributed by atoms with Crippen molar-refractivity contribution >= 4 is 28.2 Å². The normalized spacial score (nSPS) is 13.4. The van der Waals surface area contributed by atoms with Crippen LogP contribution in [0.3, 0.4) is 0 Å². The van der Waals surface area contributed by atoms with Gasteiger partial charge in [0, 0.05) is 4.88 Å². The van der Waals surface area contributed by atoms with Gasteiger partial charge in [-0.3, -0.25) is 4.79 Å². The van der Waals surface area contributed by atoms with E-state index in [0.29, 0.717) is 16.3 Å². The molecule has 1 aromatic heterocycles. The molecule has 1 aliphatic carbocycles. The Morgan fingerprint density at radius 3 is 2.40 bits per heavy atom. The van der Waals surface area contributed by atoms with Gasteiger partial charge in [0.2, 0.25) is 0 Å². The van der Waals surface area contributed by atoms with Crippen LogP contribution in [0, 0.1) is 0 Å². The third-order valence-electron chi connectivity index (χ3n) is 5.19. The summed E-state index contributed by atoms with van der Waals surface area (Å²) >= 11 is 1.46. The van der Waals surface area contributed by atoms with Crippen LogP contribution in [-0.2, 0) is 22.4 Å². The Morgan fingerprint density at radius 1 is 1.00 bits per heavy atom. The number of rotatable bonds is 6. The van der Waals surface area contributed by atoms with E-state index in [2.05, 4.69) is 5.32 Å². The molecule has 0 radical (unpaired) electrons. The zero-order chi connectivity index (χ0) is 21.1. The minimum atomic E-state index is -0.713. The number of ether oxygens (including phenoxy) is 2. The van der Waals surface area contributed by atoms with Crippen LogP contribution in [0.25, 0.3) is 11.1 Å². The quantitative estimate of drug-likeness (QED) is 0.563. The van der Waals surface area contributed by atoms with Crippen molar-refractivity contribution in [2.45, 2.75) is 32.3 Å². The van der Waals surface area contributed by atoms with Crippen molar-refractivity contribution in [3.63, 3.8) is 0 Å². The summed E-state index contributed by atoms with van der Waals surface area (Å²) < 4.78 is 10.8. The lowest BCUT2D eigenvalue weighted by Crippen LogP contribution is -2.30. The van der Waals surface area contributed by atoms with E-state index in [0.717, 1.165) is 40.8 Å². The minimum absolute atomic E-state index is 0.299. The van der Waals surface area contributed by atoms with E-state index in [-0.39, 0.29) is 5.91 Å². The van der Waals surface area contributed by atoms with E-state index in [1.54, 1.807) is 6.92 Å². The van der Waals surface area contributed by atoms with Crippen molar-refractivity contribution in [1.29, 1.82) is 0 Å². The van der Waals surface area contributed by atoms with Gasteiger partial charge in [-0.25, -0.2) is 4.79 Å². The highest BCUT2D eigenvalue weighted by molar-refractivity contribution is 7.17. The molecule has 1 N–H and O–H groups in total. The van der Waals surface area contributed by atoms with Gasteiger partial charge in [0.05, 0.1) is 12.7 Å². The highest BCUT2D eigenvalue weighted by Gasteiger charge is 2.29. The summed E-state index contributed by atoms with van der Waals surface area (Å²) in [6.07, 6.45) is 2.08. The SMILES string of the molecule is COC(=O)c1c(NC(=O)C(C)Oc2ccc(-c3ccccc3)cc2)sc2c1CCC2. The van der Waals surface area contributed by atoms with Crippen molar-refractivity contribution in [1.82, 2.24) is 0 Å². The predicted molar refractivity (Wildman–Crippen MR) is 118 cm³/mol. The fraction of sp³-hybridized carbons (Fsp3) is 0.250. The van der Waals surface area contributed by atoms with Crippen molar-refractivity contribution in [2.75, 3.05) is 12.4 Å². The molecule has 0 spiro atoms. The Balaban J connectivity index is 1.44. The molecule has 0 saturated heterocycles. The first-order valence-corrected chi connectivity index (χ1v) is 10.7. The van der Waals surface area contributed by atoms with Crippen molar-refractivity contribution < 1.29 is 19.1 Å². The number of amides is 1. The van der Waals surface area contributed by atoms with Crippen LogP contribution in [0.2, 0.25) is 0 Å². The number of methoxy groups -OCH3 is 1. The number of hydrogen-bond donors (Lipinski definition) is 1. The lowest BCUT2D eigenvalue weighted by molar-refractivity contribution is -0.122. The zero-order valence-electron chi connectivity index (χ0n) is 16.9. The third kappa shape index (κ3) is 4.09. The first kappa shape index (κ1) is 20.2. The molecule has 154 valence electrons. The monoisotopic (exact) mass is 421 g/mol. The second kappa shape index (κ2) is 8.71. The van der Waals surface area contributed by atoms with Crippen LogP contribution < -0.4 is 10.1 Å². The number of hydrogen-bond acceptors (Lipinski definition) is 5. The summed E-state index contributed by atoms with van der Waals surface area (Å²) in [6.45, 7) is 1.69. The van der Waals surface area contributed by atoms with Gasteiger partial charge in [0.1, 0.15) is 10.8 Å². The van der Waals surface area contributed by atoms with E-state index >= 15 is 0 Å². The van der Waals surface area contributed by atoms with E-state index in [4.69, 9.17) is 9.47 Å². The molecule has 0 fully saturated rings. The van der Waals surface area contributed by atoms with Crippen LogP contribution >= 0.6 is 11.3 Å². The lowest BCUT2D eigenvalue weighted by atomic mass is 10.1. The summed E-state index contributed by atoms with van der Waals surface area (Å²) in [5.74, 6) is -0.0961.